The second kappa shape index (κ2) is 5.11. The number of aromatic nitrogens is 1. The van der Waals surface area contributed by atoms with Crippen LogP contribution in [0.15, 0.2) is 6.20 Å². The molecule has 1 saturated heterocycles. The van der Waals surface area contributed by atoms with Crippen LogP contribution in [0, 0.1) is 11.8 Å². The molecule has 3 aliphatic rings. The largest absolute Gasteiger partial charge is 0.458 e. The number of esters is 1. The number of ether oxygens (including phenoxy) is 2. The molecule has 1 aromatic rings. The van der Waals surface area contributed by atoms with Gasteiger partial charge in [-0.3, -0.25) is 0 Å². The fourth-order valence-electron chi connectivity index (χ4n) is 3.83. The van der Waals surface area contributed by atoms with Crippen LogP contribution in [0.25, 0.3) is 0 Å². The zero-order valence-corrected chi connectivity index (χ0v) is 12.2. The summed E-state index contributed by atoms with van der Waals surface area (Å²) in [5.41, 5.74) is 0. The highest BCUT2D eigenvalue weighted by Gasteiger charge is 2.42. The van der Waals surface area contributed by atoms with Crippen LogP contribution >= 0.6 is 11.3 Å². The smallest absolute Gasteiger partial charge is 0.350 e. The molecule has 20 heavy (non-hydrogen) atoms. The monoisotopic (exact) mass is 293 g/mol. The number of fused-ring (bicyclic) bond motifs is 2. The zero-order chi connectivity index (χ0) is 13.5. The Morgan fingerprint density at radius 2 is 2.30 bits per heavy atom. The van der Waals surface area contributed by atoms with Crippen molar-refractivity contribution in [3.8, 4) is 0 Å². The third-order valence-electron chi connectivity index (χ3n) is 4.86. The highest BCUT2D eigenvalue weighted by atomic mass is 32.1. The van der Waals surface area contributed by atoms with E-state index in [1.54, 1.807) is 6.20 Å². The van der Waals surface area contributed by atoms with Crippen molar-refractivity contribution in [1.82, 2.24) is 4.98 Å². The minimum atomic E-state index is -0.190. The first-order valence-corrected chi connectivity index (χ1v) is 8.39. The van der Waals surface area contributed by atoms with Gasteiger partial charge in [0.15, 0.2) is 0 Å². The third kappa shape index (κ3) is 2.27. The first kappa shape index (κ1) is 12.8. The van der Waals surface area contributed by atoms with Crippen molar-refractivity contribution in [3.63, 3.8) is 0 Å². The molecule has 0 aromatic carbocycles. The van der Waals surface area contributed by atoms with E-state index in [1.807, 2.05) is 0 Å². The van der Waals surface area contributed by atoms with Crippen molar-refractivity contribution < 1.29 is 14.3 Å². The molecule has 2 bridgehead atoms. The topological polar surface area (TPSA) is 48.4 Å². The van der Waals surface area contributed by atoms with Gasteiger partial charge in [0.05, 0.1) is 6.20 Å². The molecule has 5 heteroatoms. The Morgan fingerprint density at radius 1 is 1.35 bits per heavy atom. The Kier molecular flexibility index (Phi) is 3.27. The first-order valence-electron chi connectivity index (χ1n) is 7.58. The van der Waals surface area contributed by atoms with Crippen LogP contribution in [0.5, 0.6) is 0 Å². The molecule has 1 aliphatic heterocycles. The molecule has 0 amide bonds. The summed E-state index contributed by atoms with van der Waals surface area (Å²) >= 11 is 1.43. The SMILES string of the molecule is O=C(OC1CC2CCC1C2)c1cnc(C2CCCO2)s1. The number of carbonyl (C=O) groups excluding carboxylic acids is 1. The lowest BCUT2D eigenvalue weighted by Crippen LogP contribution is -2.23. The average molecular weight is 293 g/mol. The summed E-state index contributed by atoms with van der Waals surface area (Å²) < 4.78 is 11.3. The second-order valence-electron chi connectivity index (χ2n) is 6.18. The highest BCUT2D eigenvalue weighted by molar-refractivity contribution is 7.13. The maximum atomic E-state index is 12.2. The first-order chi connectivity index (χ1) is 9.79. The Hall–Kier alpha value is -0.940. The van der Waals surface area contributed by atoms with Gasteiger partial charge in [-0.05, 0) is 50.4 Å². The molecule has 0 N–H and O–H groups in total. The second-order valence-corrected chi connectivity index (χ2v) is 7.25. The van der Waals surface area contributed by atoms with Gasteiger partial charge in [0.1, 0.15) is 22.1 Å². The molecule has 4 atom stereocenters. The Balaban J connectivity index is 1.41. The van der Waals surface area contributed by atoms with Crippen LogP contribution in [-0.4, -0.2) is 23.7 Å². The van der Waals surface area contributed by atoms with Crippen molar-refractivity contribution in [1.29, 1.82) is 0 Å². The van der Waals surface area contributed by atoms with Gasteiger partial charge in [0.25, 0.3) is 0 Å². The lowest BCUT2D eigenvalue weighted by Gasteiger charge is -2.21. The molecular formula is C15H19NO3S. The van der Waals surface area contributed by atoms with Crippen LogP contribution < -0.4 is 0 Å². The molecule has 2 aliphatic carbocycles. The molecule has 0 radical (unpaired) electrons. The van der Waals surface area contributed by atoms with E-state index < -0.39 is 0 Å². The van der Waals surface area contributed by atoms with Crippen LogP contribution in [-0.2, 0) is 9.47 Å². The van der Waals surface area contributed by atoms with E-state index in [1.165, 1.54) is 30.6 Å². The number of thiazole rings is 1. The van der Waals surface area contributed by atoms with Crippen molar-refractivity contribution >= 4 is 17.3 Å². The molecule has 2 saturated carbocycles. The maximum absolute atomic E-state index is 12.2. The van der Waals surface area contributed by atoms with Gasteiger partial charge in [-0.2, -0.15) is 0 Å². The minimum absolute atomic E-state index is 0.0871. The third-order valence-corrected chi connectivity index (χ3v) is 5.93. The number of carbonyl (C=O) groups is 1. The van der Waals surface area contributed by atoms with E-state index in [4.69, 9.17) is 9.47 Å². The quantitative estimate of drug-likeness (QED) is 0.802. The minimum Gasteiger partial charge on any atom is -0.458 e. The standard InChI is InChI=1S/C15H19NO3S/c17-15(19-12-7-9-3-4-10(12)6-9)13-8-16-14(20-13)11-2-1-5-18-11/h8-12H,1-7H2. The highest BCUT2D eigenvalue weighted by Crippen LogP contribution is 2.46. The van der Waals surface area contributed by atoms with Crippen molar-refractivity contribution in [2.75, 3.05) is 6.61 Å². The van der Waals surface area contributed by atoms with Gasteiger partial charge >= 0.3 is 5.97 Å². The summed E-state index contributed by atoms with van der Waals surface area (Å²) in [5, 5.41) is 0.919. The summed E-state index contributed by atoms with van der Waals surface area (Å²) in [5.74, 6) is 1.21. The van der Waals surface area contributed by atoms with Crippen LogP contribution in [0.3, 0.4) is 0 Å². The predicted molar refractivity (Wildman–Crippen MR) is 74.7 cm³/mol. The number of hydrogen-bond acceptors (Lipinski definition) is 5. The fraction of sp³-hybridized carbons (Fsp3) is 0.733. The summed E-state index contributed by atoms with van der Waals surface area (Å²) in [6, 6.07) is 0. The van der Waals surface area contributed by atoms with Crippen LogP contribution in [0.4, 0.5) is 0 Å². The molecular weight excluding hydrogens is 274 g/mol. The number of nitrogens with zero attached hydrogens (tertiary/aromatic N) is 1. The molecule has 4 unspecified atom stereocenters. The van der Waals surface area contributed by atoms with E-state index in [0.29, 0.717) is 10.8 Å². The summed E-state index contributed by atoms with van der Waals surface area (Å²) in [6.07, 6.45) is 8.84. The molecule has 1 aromatic heterocycles. The molecule has 3 fully saturated rings. The van der Waals surface area contributed by atoms with Gasteiger partial charge in [-0.1, -0.05) is 0 Å². The Bertz CT molecular complexity index is 509. The van der Waals surface area contributed by atoms with E-state index in [9.17, 15) is 4.79 Å². The van der Waals surface area contributed by atoms with E-state index >= 15 is 0 Å². The molecule has 0 spiro atoms. The van der Waals surface area contributed by atoms with Gasteiger partial charge < -0.3 is 9.47 Å². The van der Waals surface area contributed by atoms with E-state index in [0.717, 1.165) is 36.8 Å². The number of rotatable bonds is 3. The number of hydrogen-bond donors (Lipinski definition) is 0. The summed E-state index contributed by atoms with van der Waals surface area (Å²) in [6.45, 7) is 0.801. The fourth-order valence-corrected chi connectivity index (χ4v) is 4.71. The Morgan fingerprint density at radius 3 is 3.00 bits per heavy atom. The lowest BCUT2D eigenvalue weighted by molar-refractivity contribution is 0.0164. The molecule has 4 rings (SSSR count). The maximum Gasteiger partial charge on any atom is 0.350 e. The van der Waals surface area contributed by atoms with Crippen molar-refractivity contribution in [2.45, 2.75) is 50.7 Å². The summed E-state index contributed by atoms with van der Waals surface area (Å²) in [4.78, 5) is 17.2. The summed E-state index contributed by atoms with van der Waals surface area (Å²) in [7, 11) is 0. The van der Waals surface area contributed by atoms with E-state index in [2.05, 4.69) is 4.98 Å². The van der Waals surface area contributed by atoms with Gasteiger partial charge in [0, 0.05) is 6.61 Å². The van der Waals surface area contributed by atoms with Crippen LogP contribution in [0.2, 0.25) is 0 Å². The van der Waals surface area contributed by atoms with Crippen LogP contribution in [0.1, 0.15) is 59.3 Å². The van der Waals surface area contributed by atoms with Crippen molar-refractivity contribution in [2.24, 2.45) is 11.8 Å². The van der Waals surface area contributed by atoms with Gasteiger partial charge in [0.2, 0.25) is 0 Å². The lowest BCUT2D eigenvalue weighted by atomic mass is 9.98. The predicted octanol–water partition coefficient (Wildman–Crippen LogP) is 3.34. The van der Waals surface area contributed by atoms with Gasteiger partial charge in [-0.15, -0.1) is 11.3 Å². The average Bonchev–Trinajstić information content (AvgIpc) is 3.21. The van der Waals surface area contributed by atoms with Crippen molar-refractivity contribution in [3.05, 3.63) is 16.1 Å². The normalized spacial score (nSPS) is 35.6. The molecule has 4 nitrogen and oxygen atoms in total. The Labute approximate surface area is 122 Å². The van der Waals surface area contributed by atoms with E-state index in [-0.39, 0.29) is 18.2 Å². The molecule has 2 heterocycles. The zero-order valence-electron chi connectivity index (χ0n) is 11.4. The van der Waals surface area contributed by atoms with Gasteiger partial charge in [-0.25, -0.2) is 9.78 Å². The molecule has 108 valence electrons.